The second kappa shape index (κ2) is 12.5. The average molecular weight is 487 g/mol. The van der Waals surface area contributed by atoms with E-state index in [0.29, 0.717) is 13.0 Å². The monoisotopic (exact) mass is 486 g/mol. The van der Waals surface area contributed by atoms with Crippen molar-refractivity contribution in [2.45, 2.75) is 70.5 Å². The molecule has 0 heterocycles. The molecule has 0 spiro atoms. The van der Waals surface area contributed by atoms with Crippen molar-refractivity contribution in [2.75, 3.05) is 0 Å². The Morgan fingerprint density at radius 1 is 0.861 bits per heavy atom. The summed E-state index contributed by atoms with van der Waals surface area (Å²) in [6.07, 6.45) is 5.93. The van der Waals surface area contributed by atoms with Crippen molar-refractivity contribution in [1.29, 1.82) is 0 Å². The van der Waals surface area contributed by atoms with E-state index in [0.717, 1.165) is 47.9 Å². The summed E-state index contributed by atoms with van der Waals surface area (Å²) in [5.41, 5.74) is 3.83. The molecule has 1 aliphatic rings. The van der Waals surface area contributed by atoms with Crippen LogP contribution in [-0.4, -0.2) is 28.8 Å². The van der Waals surface area contributed by atoms with Gasteiger partial charge in [0.15, 0.2) is 0 Å². The molecule has 3 aromatic carbocycles. The molecule has 0 aromatic heterocycles. The third-order valence-corrected chi connectivity index (χ3v) is 6.96. The van der Waals surface area contributed by atoms with Crippen LogP contribution >= 0.6 is 0 Å². The van der Waals surface area contributed by atoms with Gasteiger partial charge in [-0.1, -0.05) is 91.6 Å². The summed E-state index contributed by atoms with van der Waals surface area (Å²) in [5, 5.41) is 3.26. The molecule has 3 aromatic rings. The van der Waals surface area contributed by atoms with Gasteiger partial charge in [0.2, 0.25) is 11.8 Å². The summed E-state index contributed by atoms with van der Waals surface area (Å²) in [5.74, 6) is -0.594. The summed E-state index contributed by atoms with van der Waals surface area (Å²) in [6, 6.07) is 23.4. The van der Waals surface area contributed by atoms with Gasteiger partial charge in [0.05, 0.1) is 6.42 Å². The first-order valence-corrected chi connectivity index (χ1v) is 12.9. The number of nitrogens with zero attached hydrogens (tertiary/aromatic N) is 1. The minimum Gasteiger partial charge on any atom is -0.352 e. The average Bonchev–Trinajstić information content (AvgIpc) is 2.89. The van der Waals surface area contributed by atoms with Crippen molar-refractivity contribution in [3.63, 3.8) is 0 Å². The second-order valence-corrected chi connectivity index (χ2v) is 9.86. The molecule has 2 amide bonds. The van der Waals surface area contributed by atoms with Gasteiger partial charge in [0, 0.05) is 19.0 Å². The summed E-state index contributed by atoms with van der Waals surface area (Å²) < 4.78 is 13.5. The van der Waals surface area contributed by atoms with Gasteiger partial charge in [-0.25, -0.2) is 4.39 Å². The fourth-order valence-corrected chi connectivity index (χ4v) is 4.87. The number of rotatable bonds is 9. The zero-order chi connectivity index (χ0) is 25.3. The quantitative estimate of drug-likeness (QED) is 0.418. The standard InChI is InChI=1S/C31H35FN2O2/c1-23-12-14-26(15-13-23)22-34(30(35)21-25-16-18-27(32)19-17-25)29(20-24-8-4-2-5-9-24)31(36)33-28-10-6-3-7-11-28/h2,4-5,8-9,12-19,28-29H,3,6-7,10-11,20-22H2,1H3,(H,33,36)/t29-/m0/s1. The Labute approximate surface area is 213 Å². The Morgan fingerprint density at radius 2 is 1.50 bits per heavy atom. The lowest BCUT2D eigenvalue weighted by Crippen LogP contribution is -2.53. The van der Waals surface area contributed by atoms with E-state index in [1.54, 1.807) is 17.0 Å². The van der Waals surface area contributed by atoms with Crippen LogP contribution in [0.3, 0.4) is 0 Å². The Hall–Kier alpha value is -3.47. The minimum atomic E-state index is -0.649. The summed E-state index contributed by atoms with van der Waals surface area (Å²) in [7, 11) is 0. The largest absolute Gasteiger partial charge is 0.352 e. The van der Waals surface area contributed by atoms with E-state index < -0.39 is 6.04 Å². The summed E-state index contributed by atoms with van der Waals surface area (Å²) >= 11 is 0. The zero-order valence-corrected chi connectivity index (χ0v) is 21.0. The van der Waals surface area contributed by atoms with Crippen LogP contribution in [0.1, 0.15) is 54.4 Å². The smallest absolute Gasteiger partial charge is 0.243 e. The van der Waals surface area contributed by atoms with Gasteiger partial charge in [-0.3, -0.25) is 9.59 Å². The number of aryl methyl sites for hydroxylation is 1. The zero-order valence-electron chi connectivity index (χ0n) is 21.0. The number of benzene rings is 3. The number of carbonyl (C=O) groups excluding carboxylic acids is 2. The van der Waals surface area contributed by atoms with E-state index in [1.165, 1.54) is 18.6 Å². The first-order valence-electron chi connectivity index (χ1n) is 12.9. The molecule has 4 nitrogen and oxygen atoms in total. The topological polar surface area (TPSA) is 49.4 Å². The van der Waals surface area contributed by atoms with Gasteiger partial charge < -0.3 is 10.2 Å². The van der Waals surface area contributed by atoms with Crippen LogP contribution in [0.15, 0.2) is 78.9 Å². The van der Waals surface area contributed by atoms with Crippen LogP contribution in [-0.2, 0) is 29.0 Å². The van der Waals surface area contributed by atoms with E-state index >= 15 is 0 Å². The highest BCUT2D eigenvalue weighted by Crippen LogP contribution is 2.20. The van der Waals surface area contributed by atoms with Gasteiger partial charge >= 0.3 is 0 Å². The molecular weight excluding hydrogens is 451 g/mol. The summed E-state index contributed by atoms with van der Waals surface area (Å²) in [4.78, 5) is 29.2. The van der Waals surface area contributed by atoms with Gasteiger partial charge in [0.1, 0.15) is 11.9 Å². The van der Waals surface area contributed by atoms with Crippen LogP contribution < -0.4 is 5.32 Å². The molecule has 4 rings (SSSR count). The third kappa shape index (κ3) is 7.27. The van der Waals surface area contributed by atoms with Crippen LogP contribution in [0, 0.1) is 12.7 Å². The molecular formula is C31H35FN2O2. The number of amides is 2. The molecule has 1 saturated carbocycles. The fourth-order valence-electron chi connectivity index (χ4n) is 4.87. The molecule has 36 heavy (non-hydrogen) atoms. The van der Waals surface area contributed by atoms with E-state index in [1.807, 2.05) is 61.5 Å². The van der Waals surface area contributed by atoms with Crippen LogP contribution in [0.4, 0.5) is 4.39 Å². The van der Waals surface area contributed by atoms with Crippen molar-refractivity contribution >= 4 is 11.8 Å². The Balaban J connectivity index is 1.64. The van der Waals surface area contributed by atoms with Crippen LogP contribution in [0.25, 0.3) is 0 Å². The Bertz CT molecular complexity index is 1120. The molecule has 0 saturated heterocycles. The fraction of sp³-hybridized carbons (Fsp3) is 0.355. The van der Waals surface area contributed by atoms with Gasteiger partial charge in [-0.05, 0) is 48.6 Å². The lowest BCUT2D eigenvalue weighted by atomic mass is 9.94. The number of carbonyl (C=O) groups is 2. The maximum Gasteiger partial charge on any atom is 0.243 e. The molecule has 1 fully saturated rings. The predicted octanol–water partition coefficient (Wildman–Crippen LogP) is 5.77. The molecule has 0 aliphatic heterocycles. The highest BCUT2D eigenvalue weighted by molar-refractivity contribution is 5.89. The van der Waals surface area contributed by atoms with Crippen molar-refractivity contribution in [3.05, 3.63) is 107 Å². The number of hydrogen-bond donors (Lipinski definition) is 1. The Morgan fingerprint density at radius 3 is 2.17 bits per heavy atom. The summed E-state index contributed by atoms with van der Waals surface area (Å²) in [6.45, 7) is 2.35. The van der Waals surface area contributed by atoms with E-state index in [2.05, 4.69) is 5.32 Å². The third-order valence-electron chi connectivity index (χ3n) is 6.96. The van der Waals surface area contributed by atoms with E-state index in [9.17, 15) is 14.0 Å². The molecule has 0 radical (unpaired) electrons. The van der Waals surface area contributed by atoms with Gasteiger partial charge in [0.25, 0.3) is 0 Å². The predicted molar refractivity (Wildman–Crippen MR) is 141 cm³/mol. The maximum absolute atomic E-state index is 13.7. The van der Waals surface area contributed by atoms with E-state index in [-0.39, 0.29) is 30.1 Å². The SMILES string of the molecule is Cc1ccc(CN(C(=O)Cc2ccc(F)cc2)[C@@H](Cc2ccccc2)C(=O)NC2CCCCC2)cc1. The van der Waals surface area contributed by atoms with E-state index in [4.69, 9.17) is 0 Å². The number of nitrogens with one attached hydrogen (secondary N) is 1. The normalized spacial score (nSPS) is 14.7. The van der Waals surface area contributed by atoms with Crippen molar-refractivity contribution in [2.24, 2.45) is 0 Å². The van der Waals surface area contributed by atoms with Crippen molar-refractivity contribution in [1.82, 2.24) is 10.2 Å². The first kappa shape index (κ1) is 25.6. The minimum absolute atomic E-state index is 0.105. The Kier molecular flexibility index (Phi) is 8.88. The maximum atomic E-state index is 13.7. The molecule has 1 N–H and O–H groups in total. The molecule has 188 valence electrons. The molecule has 0 bridgehead atoms. The first-order chi connectivity index (χ1) is 17.5. The van der Waals surface area contributed by atoms with Crippen LogP contribution in [0.5, 0.6) is 0 Å². The molecule has 1 atom stereocenters. The molecule has 1 aliphatic carbocycles. The molecule has 0 unspecified atom stereocenters. The second-order valence-electron chi connectivity index (χ2n) is 9.86. The number of halogens is 1. The molecule has 5 heteroatoms. The van der Waals surface area contributed by atoms with Gasteiger partial charge in [-0.15, -0.1) is 0 Å². The lowest BCUT2D eigenvalue weighted by molar-refractivity contribution is -0.141. The number of hydrogen-bond acceptors (Lipinski definition) is 2. The van der Waals surface area contributed by atoms with Crippen molar-refractivity contribution < 1.29 is 14.0 Å². The van der Waals surface area contributed by atoms with Gasteiger partial charge in [-0.2, -0.15) is 0 Å². The van der Waals surface area contributed by atoms with Crippen LogP contribution in [0.2, 0.25) is 0 Å². The lowest BCUT2D eigenvalue weighted by Gasteiger charge is -2.33. The van der Waals surface area contributed by atoms with Crippen molar-refractivity contribution in [3.8, 4) is 0 Å². The highest BCUT2D eigenvalue weighted by Gasteiger charge is 2.32. The highest BCUT2D eigenvalue weighted by atomic mass is 19.1.